The SMILES string of the molecule is CC(=O)Cn1nc(C(=O)N[C@@H]2C[C@@H]3CN(C)C[C@H](C2)N3C)c2ccccc21. The first-order valence-electron chi connectivity index (χ1n) is 9.58. The number of piperazine rings is 1. The summed E-state index contributed by atoms with van der Waals surface area (Å²) in [5.74, 6) is -0.128. The van der Waals surface area contributed by atoms with Gasteiger partial charge in [0.1, 0.15) is 0 Å². The molecule has 0 saturated carbocycles. The fourth-order valence-electron chi connectivity index (χ4n) is 4.58. The molecular formula is C20H27N5O2. The van der Waals surface area contributed by atoms with Crippen LogP contribution in [0.5, 0.6) is 0 Å². The second kappa shape index (κ2) is 7.05. The Hall–Kier alpha value is -2.25. The minimum atomic E-state index is -0.144. The van der Waals surface area contributed by atoms with E-state index in [1.54, 1.807) is 4.68 Å². The van der Waals surface area contributed by atoms with E-state index in [0.29, 0.717) is 17.8 Å². The van der Waals surface area contributed by atoms with Crippen LogP contribution in [-0.2, 0) is 11.3 Å². The molecule has 27 heavy (non-hydrogen) atoms. The Kier molecular flexibility index (Phi) is 4.74. The van der Waals surface area contributed by atoms with Crippen LogP contribution in [0.4, 0.5) is 0 Å². The van der Waals surface area contributed by atoms with Crippen LogP contribution in [0.2, 0.25) is 0 Å². The standard InChI is InChI=1S/C20H27N5O2/c1-13(26)10-25-18-7-5-4-6-17(18)19(22-25)20(27)21-14-8-15-11-23(2)12-16(9-14)24(15)3/h4-7,14-16H,8-12H2,1-3H3,(H,21,27)/t14-,15-,16+. The lowest BCUT2D eigenvalue weighted by atomic mass is 9.88. The van der Waals surface area contributed by atoms with Crippen molar-refractivity contribution in [1.29, 1.82) is 0 Å². The van der Waals surface area contributed by atoms with Gasteiger partial charge in [-0.1, -0.05) is 18.2 Å². The molecule has 3 heterocycles. The molecule has 0 spiro atoms. The van der Waals surface area contributed by atoms with Crippen molar-refractivity contribution in [2.45, 2.75) is 44.4 Å². The molecule has 1 N–H and O–H groups in total. The molecule has 7 heteroatoms. The van der Waals surface area contributed by atoms with E-state index < -0.39 is 0 Å². The van der Waals surface area contributed by atoms with Gasteiger partial charge in [-0.05, 0) is 39.9 Å². The molecule has 2 aromatic rings. The van der Waals surface area contributed by atoms with E-state index in [0.717, 1.165) is 36.8 Å². The molecule has 1 aromatic carbocycles. The van der Waals surface area contributed by atoms with Gasteiger partial charge in [0, 0.05) is 36.6 Å². The topological polar surface area (TPSA) is 70.5 Å². The van der Waals surface area contributed by atoms with Crippen LogP contribution in [0.3, 0.4) is 0 Å². The van der Waals surface area contributed by atoms with Gasteiger partial charge >= 0.3 is 0 Å². The number of likely N-dealkylation sites (N-methyl/N-ethyl adjacent to an activating group) is 2. The zero-order valence-corrected chi connectivity index (χ0v) is 16.2. The number of ketones is 1. The summed E-state index contributed by atoms with van der Waals surface area (Å²) < 4.78 is 1.63. The first-order valence-corrected chi connectivity index (χ1v) is 9.58. The number of nitrogens with zero attached hydrogens (tertiary/aromatic N) is 4. The predicted octanol–water partition coefficient (Wildman–Crippen LogP) is 1.13. The predicted molar refractivity (Wildman–Crippen MR) is 104 cm³/mol. The molecule has 144 valence electrons. The second-order valence-corrected chi connectivity index (χ2v) is 8.06. The summed E-state index contributed by atoms with van der Waals surface area (Å²) in [6.45, 7) is 3.79. The smallest absolute Gasteiger partial charge is 0.272 e. The van der Waals surface area contributed by atoms with Gasteiger partial charge in [0.25, 0.3) is 5.91 Å². The minimum absolute atomic E-state index is 0.0162. The van der Waals surface area contributed by atoms with Crippen LogP contribution in [0, 0.1) is 0 Å². The summed E-state index contributed by atoms with van der Waals surface area (Å²) in [6, 6.07) is 8.70. The molecule has 0 unspecified atom stereocenters. The van der Waals surface area contributed by atoms with Crippen molar-refractivity contribution < 1.29 is 9.59 Å². The number of nitrogens with one attached hydrogen (secondary N) is 1. The van der Waals surface area contributed by atoms with Crippen molar-refractivity contribution in [1.82, 2.24) is 24.9 Å². The van der Waals surface area contributed by atoms with Gasteiger partial charge in [-0.25, -0.2) is 0 Å². The number of likely N-dealkylation sites (tertiary alicyclic amines) is 1. The maximum Gasteiger partial charge on any atom is 0.272 e. The number of carbonyl (C=O) groups is 2. The van der Waals surface area contributed by atoms with Gasteiger partial charge in [-0.15, -0.1) is 0 Å². The fourth-order valence-corrected chi connectivity index (χ4v) is 4.58. The van der Waals surface area contributed by atoms with Crippen molar-refractivity contribution in [3.8, 4) is 0 Å². The lowest BCUT2D eigenvalue weighted by molar-refractivity contribution is -0.117. The molecule has 1 aromatic heterocycles. The van der Waals surface area contributed by atoms with E-state index in [-0.39, 0.29) is 24.3 Å². The van der Waals surface area contributed by atoms with E-state index in [9.17, 15) is 9.59 Å². The Labute approximate surface area is 159 Å². The molecule has 2 fully saturated rings. The highest BCUT2D eigenvalue weighted by Crippen LogP contribution is 2.27. The van der Waals surface area contributed by atoms with Gasteiger partial charge in [0.05, 0.1) is 12.1 Å². The quantitative estimate of drug-likeness (QED) is 0.875. The largest absolute Gasteiger partial charge is 0.348 e. The Morgan fingerprint density at radius 1 is 1.15 bits per heavy atom. The summed E-state index contributed by atoms with van der Waals surface area (Å²) in [6.07, 6.45) is 1.91. The third-order valence-corrected chi connectivity index (χ3v) is 5.89. The number of fused-ring (bicyclic) bond motifs is 3. The third kappa shape index (κ3) is 3.49. The number of aromatic nitrogens is 2. The number of hydrogen-bond donors (Lipinski definition) is 1. The van der Waals surface area contributed by atoms with Gasteiger partial charge < -0.3 is 10.2 Å². The highest BCUT2D eigenvalue weighted by Gasteiger charge is 2.38. The Morgan fingerprint density at radius 3 is 2.48 bits per heavy atom. The molecule has 2 saturated heterocycles. The zero-order chi connectivity index (χ0) is 19.1. The number of carbonyl (C=O) groups excluding carboxylic acids is 2. The summed E-state index contributed by atoms with van der Waals surface area (Å²) in [5, 5.41) is 8.47. The monoisotopic (exact) mass is 369 g/mol. The number of rotatable bonds is 4. The average molecular weight is 369 g/mol. The number of amides is 1. The van der Waals surface area contributed by atoms with E-state index >= 15 is 0 Å². The second-order valence-electron chi connectivity index (χ2n) is 8.06. The highest BCUT2D eigenvalue weighted by molar-refractivity contribution is 6.05. The van der Waals surface area contributed by atoms with Crippen LogP contribution in [0.15, 0.2) is 24.3 Å². The van der Waals surface area contributed by atoms with Crippen LogP contribution in [0.1, 0.15) is 30.3 Å². The van der Waals surface area contributed by atoms with E-state index in [4.69, 9.17) is 0 Å². The maximum absolute atomic E-state index is 13.0. The van der Waals surface area contributed by atoms with Crippen molar-refractivity contribution in [2.75, 3.05) is 27.2 Å². The molecule has 3 atom stereocenters. The first kappa shape index (κ1) is 18.1. The molecule has 0 aliphatic carbocycles. The average Bonchev–Trinajstić information content (AvgIpc) is 2.95. The van der Waals surface area contributed by atoms with Crippen LogP contribution in [-0.4, -0.2) is 76.6 Å². The lowest BCUT2D eigenvalue weighted by Crippen LogP contribution is -2.63. The number of benzene rings is 1. The Balaban J connectivity index is 1.55. The van der Waals surface area contributed by atoms with Crippen molar-refractivity contribution in [2.24, 2.45) is 0 Å². The number of piperidine rings is 1. The van der Waals surface area contributed by atoms with Gasteiger partial charge in [-0.2, -0.15) is 5.10 Å². The summed E-state index contributed by atoms with van der Waals surface area (Å²) in [4.78, 5) is 29.4. The molecule has 2 bridgehead atoms. The fraction of sp³-hybridized carbons (Fsp3) is 0.550. The molecule has 7 nitrogen and oxygen atoms in total. The zero-order valence-electron chi connectivity index (χ0n) is 16.2. The molecule has 2 aliphatic heterocycles. The normalized spacial score (nSPS) is 26.3. The number of Topliss-reactive ketones (excluding diaryl/α,β-unsaturated/α-hetero) is 1. The van der Waals surface area contributed by atoms with Crippen LogP contribution < -0.4 is 5.32 Å². The summed E-state index contributed by atoms with van der Waals surface area (Å²) >= 11 is 0. The van der Waals surface area contributed by atoms with E-state index in [2.05, 4.69) is 34.3 Å². The highest BCUT2D eigenvalue weighted by atomic mass is 16.2. The van der Waals surface area contributed by atoms with E-state index in [1.165, 1.54) is 6.92 Å². The molecule has 2 aliphatic rings. The molecule has 4 rings (SSSR count). The summed E-state index contributed by atoms with van der Waals surface area (Å²) in [7, 11) is 4.36. The first-order chi connectivity index (χ1) is 12.9. The van der Waals surface area contributed by atoms with Crippen LogP contribution >= 0.6 is 0 Å². The van der Waals surface area contributed by atoms with Crippen LogP contribution in [0.25, 0.3) is 10.9 Å². The minimum Gasteiger partial charge on any atom is -0.348 e. The van der Waals surface area contributed by atoms with Crippen molar-refractivity contribution in [3.63, 3.8) is 0 Å². The van der Waals surface area contributed by atoms with Crippen molar-refractivity contribution >= 4 is 22.6 Å². The number of para-hydroxylation sites is 1. The molecule has 0 radical (unpaired) electrons. The van der Waals surface area contributed by atoms with Gasteiger partial charge in [-0.3, -0.25) is 19.2 Å². The molecule has 1 amide bonds. The molecular weight excluding hydrogens is 342 g/mol. The number of hydrogen-bond acceptors (Lipinski definition) is 5. The lowest BCUT2D eigenvalue weighted by Gasteiger charge is -2.50. The van der Waals surface area contributed by atoms with Gasteiger partial charge in [0.2, 0.25) is 0 Å². The van der Waals surface area contributed by atoms with E-state index in [1.807, 2.05) is 24.3 Å². The maximum atomic E-state index is 13.0. The Bertz CT molecular complexity index is 860. The Morgan fingerprint density at radius 2 is 1.81 bits per heavy atom. The summed E-state index contributed by atoms with van der Waals surface area (Å²) in [5.41, 5.74) is 1.23. The van der Waals surface area contributed by atoms with Crippen molar-refractivity contribution in [3.05, 3.63) is 30.0 Å². The van der Waals surface area contributed by atoms with Gasteiger partial charge in [0.15, 0.2) is 11.5 Å². The third-order valence-electron chi connectivity index (χ3n) is 5.89.